The summed E-state index contributed by atoms with van der Waals surface area (Å²) in [5, 5.41) is 0.735. The standard InChI is InChI=1S/C25H29N3O3S/c1-4-14-28(20-12-15-27(16-13-20)24(29)19-8-6-5-7-9-19)25(30)22-18(3)26-23(32-22)21-11-10-17(2)31-21/h5-11,20H,4,12-16H2,1-3H3. The second kappa shape index (κ2) is 9.69. The lowest BCUT2D eigenvalue weighted by atomic mass is 10.0. The highest BCUT2D eigenvalue weighted by molar-refractivity contribution is 7.17. The lowest BCUT2D eigenvalue weighted by molar-refractivity contribution is 0.0522. The highest BCUT2D eigenvalue weighted by Gasteiger charge is 2.32. The fourth-order valence-corrected chi connectivity index (χ4v) is 5.20. The molecule has 3 heterocycles. The Balaban J connectivity index is 1.47. The van der Waals surface area contributed by atoms with Crippen LogP contribution in [0.3, 0.4) is 0 Å². The van der Waals surface area contributed by atoms with Gasteiger partial charge in [-0.25, -0.2) is 4.98 Å². The van der Waals surface area contributed by atoms with E-state index in [2.05, 4.69) is 11.9 Å². The second-order valence-corrected chi connectivity index (χ2v) is 9.23. The molecule has 0 atom stereocenters. The van der Waals surface area contributed by atoms with Crippen molar-refractivity contribution in [2.75, 3.05) is 19.6 Å². The maximum atomic E-state index is 13.5. The molecule has 1 aliphatic heterocycles. The topological polar surface area (TPSA) is 66.7 Å². The van der Waals surface area contributed by atoms with Crippen molar-refractivity contribution in [3.63, 3.8) is 0 Å². The van der Waals surface area contributed by atoms with Crippen LogP contribution in [0.15, 0.2) is 46.9 Å². The third kappa shape index (κ3) is 4.63. The third-order valence-electron chi connectivity index (χ3n) is 5.88. The molecule has 1 saturated heterocycles. The van der Waals surface area contributed by atoms with Crippen LogP contribution in [0.5, 0.6) is 0 Å². The lowest BCUT2D eigenvalue weighted by Gasteiger charge is -2.38. The minimum atomic E-state index is 0.0317. The van der Waals surface area contributed by atoms with Gasteiger partial charge in [0.1, 0.15) is 10.6 Å². The summed E-state index contributed by atoms with van der Waals surface area (Å²) in [5.74, 6) is 1.62. The summed E-state index contributed by atoms with van der Waals surface area (Å²) >= 11 is 1.39. The molecule has 4 rings (SSSR count). The highest BCUT2D eigenvalue weighted by Crippen LogP contribution is 2.31. The first-order valence-corrected chi connectivity index (χ1v) is 12.0. The van der Waals surface area contributed by atoms with Gasteiger partial charge in [-0.15, -0.1) is 11.3 Å². The van der Waals surface area contributed by atoms with Crippen LogP contribution in [0.1, 0.15) is 57.7 Å². The number of aromatic nitrogens is 1. The fraction of sp³-hybridized carbons (Fsp3) is 0.400. The van der Waals surface area contributed by atoms with Crippen molar-refractivity contribution in [3.8, 4) is 10.8 Å². The van der Waals surface area contributed by atoms with Crippen molar-refractivity contribution in [1.82, 2.24) is 14.8 Å². The largest absolute Gasteiger partial charge is 0.459 e. The summed E-state index contributed by atoms with van der Waals surface area (Å²) < 4.78 is 5.70. The number of benzene rings is 1. The number of carbonyl (C=O) groups is 2. The van der Waals surface area contributed by atoms with E-state index in [-0.39, 0.29) is 17.9 Å². The average Bonchev–Trinajstić information content (AvgIpc) is 3.43. The lowest BCUT2D eigenvalue weighted by Crippen LogP contribution is -2.49. The molecule has 0 unspecified atom stereocenters. The Morgan fingerprint density at radius 1 is 1.12 bits per heavy atom. The zero-order chi connectivity index (χ0) is 22.7. The van der Waals surface area contributed by atoms with Gasteiger partial charge >= 0.3 is 0 Å². The summed E-state index contributed by atoms with van der Waals surface area (Å²) in [5.41, 5.74) is 1.45. The van der Waals surface area contributed by atoms with Gasteiger partial charge in [-0.3, -0.25) is 9.59 Å². The van der Waals surface area contributed by atoms with Crippen molar-refractivity contribution in [1.29, 1.82) is 0 Å². The first-order valence-electron chi connectivity index (χ1n) is 11.2. The van der Waals surface area contributed by atoms with E-state index in [0.717, 1.165) is 35.7 Å². The van der Waals surface area contributed by atoms with Crippen LogP contribution >= 0.6 is 11.3 Å². The quantitative estimate of drug-likeness (QED) is 0.518. The summed E-state index contributed by atoms with van der Waals surface area (Å²) in [7, 11) is 0. The summed E-state index contributed by atoms with van der Waals surface area (Å²) in [6.07, 6.45) is 2.45. The molecule has 0 spiro atoms. The zero-order valence-corrected chi connectivity index (χ0v) is 19.7. The van der Waals surface area contributed by atoms with Gasteiger partial charge in [-0.1, -0.05) is 25.1 Å². The van der Waals surface area contributed by atoms with Crippen LogP contribution in [0.25, 0.3) is 10.8 Å². The van der Waals surface area contributed by atoms with Crippen LogP contribution in [0.4, 0.5) is 0 Å². The molecule has 2 amide bonds. The molecule has 0 saturated carbocycles. The molecule has 0 N–H and O–H groups in total. The van der Waals surface area contributed by atoms with Crippen molar-refractivity contribution in [2.24, 2.45) is 0 Å². The number of likely N-dealkylation sites (tertiary alicyclic amines) is 1. The number of hydrogen-bond donors (Lipinski definition) is 0. The molecule has 0 bridgehead atoms. The minimum absolute atomic E-state index is 0.0317. The first-order chi connectivity index (χ1) is 15.5. The van der Waals surface area contributed by atoms with E-state index >= 15 is 0 Å². The molecule has 0 radical (unpaired) electrons. The van der Waals surface area contributed by atoms with Gasteiger partial charge in [0.25, 0.3) is 11.8 Å². The number of piperidine rings is 1. The van der Waals surface area contributed by atoms with E-state index in [1.54, 1.807) is 0 Å². The minimum Gasteiger partial charge on any atom is -0.459 e. The Morgan fingerprint density at radius 3 is 2.47 bits per heavy atom. The van der Waals surface area contributed by atoms with E-state index < -0.39 is 0 Å². The SMILES string of the molecule is CCCN(C(=O)c1sc(-c2ccc(C)o2)nc1C)C1CCN(C(=O)c2ccccc2)CC1. The van der Waals surface area contributed by atoms with Gasteiger partial charge in [-0.2, -0.15) is 0 Å². The predicted octanol–water partition coefficient (Wildman–Crippen LogP) is 5.18. The normalized spacial score (nSPS) is 14.5. The molecule has 32 heavy (non-hydrogen) atoms. The highest BCUT2D eigenvalue weighted by atomic mass is 32.1. The second-order valence-electron chi connectivity index (χ2n) is 8.23. The van der Waals surface area contributed by atoms with Gasteiger partial charge in [0.15, 0.2) is 10.8 Å². The van der Waals surface area contributed by atoms with Crippen LogP contribution in [-0.4, -0.2) is 52.3 Å². The van der Waals surface area contributed by atoms with Gasteiger partial charge in [0, 0.05) is 31.2 Å². The number of thiazole rings is 1. The van der Waals surface area contributed by atoms with Crippen molar-refractivity contribution in [2.45, 2.75) is 46.1 Å². The molecule has 0 aliphatic carbocycles. The number of rotatable bonds is 6. The number of nitrogens with zero attached hydrogens (tertiary/aromatic N) is 3. The summed E-state index contributed by atoms with van der Waals surface area (Å²) in [6.45, 7) is 7.88. The first kappa shape index (κ1) is 22.3. The van der Waals surface area contributed by atoms with E-state index in [4.69, 9.17) is 4.42 Å². The molecule has 3 aromatic rings. The maximum Gasteiger partial charge on any atom is 0.266 e. The zero-order valence-electron chi connectivity index (χ0n) is 18.8. The van der Waals surface area contributed by atoms with Gasteiger partial charge < -0.3 is 14.2 Å². The van der Waals surface area contributed by atoms with E-state index in [9.17, 15) is 9.59 Å². The number of carbonyl (C=O) groups excluding carboxylic acids is 2. The van der Waals surface area contributed by atoms with E-state index in [0.29, 0.717) is 35.8 Å². The van der Waals surface area contributed by atoms with E-state index in [1.807, 2.05) is 66.1 Å². The van der Waals surface area contributed by atoms with E-state index in [1.165, 1.54) is 11.3 Å². The fourth-order valence-electron chi connectivity index (χ4n) is 4.21. The Hall–Kier alpha value is -2.93. The van der Waals surface area contributed by atoms with Crippen molar-refractivity contribution >= 4 is 23.2 Å². The Morgan fingerprint density at radius 2 is 1.84 bits per heavy atom. The molecule has 1 aromatic carbocycles. The van der Waals surface area contributed by atoms with Gasteiger partial charge in [0.2, 0.25) is 0 Å². The van der Waals surface area contributed by atoms with Crippen LogP contribution in [0.2, 0.25) is 0 Å². The Kier molecular flexibility index (Phi) is 6.74. The van der Waals surface area contributed by atoms with Crippen LogP contribution < -0.4 is 0 Å². The van der Waals surface area contributed by atoms with Crippen LogP contribution in [-0.2, 0) is 0 Å². The third-order valence-corrected chi connectivity index (χ3v) is 7.04. The number of amides is 2. The summed E-state index contributed by atoms with van der Waals surface area (Å²) in [6, 6.07) is 13.3. The number of aryl methyl sites for hydroxylation is 2. The maximum absolute atomic E-state index is 13.5. The van der Waals surface area contributed by atoms with Crippen LogP contribution in [0, 0.1) is 13.8 Å². The number of hydrogen-bond acceptors (Lipinski definition) is 5. The molecular formula is C25H29N3O3S. The predicted molar refractivity (Wildman–Crippen MR) is 126 cm³/mol. The molecule has 2 aromatic heterocycles. The summed E-state index contributed by atoms with van der Waals surface area (Å²) in [4.78, 5) is 35.5. The Labute approximate surface area is 192 Å². The molecule has 1 aliphatic rings. The molecule has 6 nitrogen and oxygen atoms in total. The van der Waals surface area contributed by atoms with Crippen molar-refractivity contribution < 1.29 is 14.0 Å². The van der Waals surface area contributed by atoms with Gasteiger partial charge in [0.05, 0.1) is 5.69 Å². The number of furan rings is 1. The molecule has 7 heteroatoms. The van der Waals surface area contributed by atoms with Gasteiger partial charge in [-0.05, 0) is 57.4 Å². The van der Waals surface area contributed by atoms with Crippen molar-refractivity contribution in [3.05, 3.63) is 64.4 Å². The molecule has 168 valence electrons. The molecule has 1 fully saturated rings. The Bertz CT molecular complexity index is 1080. The smallest absolute Gasteiger partial charge is 0.266 e. The average molecular weight is 452 g/mol. The monoisotopic (exact) mass is 451 g/mol. The molecular weight excluding hydrogens is 422 g/mol.